The number of fused-ring (bicyclic) bond motifs is 1. The summed E-state index contributed by atoms with van der Waals surface area (Å²) < 4.78 is 24.1. The van der Waals surface area contributed by atoms with Crippen LogP contribution >= 0.6 is 7.60 Å². The Hall–Kier alpha value is -2.55. The fraction of sp³-hybridized carbons (Fsp3) is 0.545. The number of likely N-dealkylation sites (tertiary alicyclic amines) is 1. The summed E-state index contributed by atoms with van der Waals surface area (Å²) >= 11 is 0. The van der Waals surface area contributed by atoms with Crippen LogP contribution in [-0.2, 0) is 23.2 Å². The number of carbonyl (C=O) groups excluding carboxylic acids is 4. The quantitative estimate of drug-likeness (QED) is 0.404. The van der Waals surface area contributed by atoms with E-state index in [1.807, 2.05) is 0 Å². The molecule has 4 amide bonds. The number of rotatable bonds is 10. The molecule has 1 fully saturated rings. The van der Waals surface area contributed by atoms with Crippen LogP contribution in [-0.4, -0.2) is 72.1 Å². The number of hydrogen-bond donors (Lipinski definition) is 1. The molecule has 1 aromatic carbocycles. The van der Waals surface area contributed by atoms with Crippen molar-refractivity contribution >= 4 is 31.2 Å². The Kier molecular flexibility index (Phi) is 8.40. The van der Waals surface area contributed by atoms with E-state index in [1.54, 1.807) is 43.0 Å². The molecule has 2 heterocycles. The van der Waals surface area contributed by atoms with Gasteiger partial charge in [-0.05, 0) is 45.2 Å². The minimum Gasteiger partial charge on any atom is -0.340 e. The van der Waals surface area contributed by atoms with Crippen LogP contribution in [0.25, 0.3) is 0 Å². The fourth-order valence-electron chi connectivity index (χ4n) is 3.99. The zero-order valence-corrected chi connectivity index (χ0v) is 19.8. The van der Waals surface area contributed by atoms with Gasteiger partial charge in [0.1, 0.15) is 0 Å². The Bertz CT molecular complexity index is 916. The molecule has 0 saturated carbocycles. The second-order valence-corrected chi connectivity index (χ2v) is 9.90. The second-order valence-electron chi connectivity index (χ2n) is 7.79. The molecular weight excluding hydrogens is 449 g/mol. The number of imide groups is 1. The normalized spacial score (nSPS) is 17.2. The zero-order chi connectivity index (χ0) is 24.0. The van der Waals surface area contributed by atoms with Gasteiger partial charge in [-0.25, -0.2) is 0 Å². The number of benzene rings is 1. The molecule has 3 rings (SSSR count). The van der Waals surface area contributed by atoms with Gasteiger partial charge in [0.25, 0.3) is 17.7 Å². The van der Waals surface area contributed by atoms with Gasteiger partial charge in [-0.1, -0.05) is 12.1 Å². The van der Waals surface area contributed by atoms with Crippen molar-refractivity contribution in [2.45, 2.75) is 45.3 Å². The Morgan fingerprint density at radius 3 is 2.06 bits per heavy atom. The first-order valence-electron chi connectivity index (χ1n) is 11.2. The summed E-state index contributed by atoms with van der Waals surface area (Å²) in [5.74, 6) is -3.60. The highest BCUT2D eigenvalue weighted by molar-refractivity contribution is 7.55. The predicted molar refractivity (Wildman–Crippen MR) is 120 cm³/mol. The van der Waals surface area contributed by atoms with E-state index < -0.39 is 37.0 Å². The largest absolute Gasteiger partial charge is 0.362 e. The lowest BCUT2D eigenvalue weighted by molar-refractivity contribution is -0.135. The molecule has 10 nitrogen and oxygen atoms in total. The minimum absolute atomic E-state index is 0.0337. The van der Waals surface area contributed by atoms with E-state index in [9.17, 15) is 23.7 Å². The minimum atomic E-state index is -4.00. The van der Waals surface area contributed by atoms with Gasteiger partial charge in [0.15, 0.2) is 0 Å². The standard InChI is InChI=1S/C22H30N3O7P/c1-3-31-33(30,32-4-2)19(22(29)24-13-8-5-9-14-24)23-18(26)12-15-25-20(27)16-10-6-7-11-17(16)21(25)28/h6-7,10-11,19H,3-5,8-9,12-15H2,1-2H3,(H,23,26). The van der Waals surface area contributed by atoms with Crippen LogP contribution in [0.5, 0.6) is 0 Å². The van der Waals surface area contributed by atoms with Gasteiger partial charge in [0, 0.05) is 26.1 Å². The molecule has 180 valence electrons. The first-order chi connectivity index (χ1) is 15.8. The van der Waals surface area contributed by atoms with Gasteiger partial charge < -0.3 is 19.3 Å². The highest BCUT2D eigenvalue weighted by Crippen LogP contribution is 2.52. The Balaban J connectivity index is 1.72. The maximum atomic E-state index is 13.4. The van der Waals surface area contributed by atoms with E-state index in [2.05, 4.69) is 5.32 Å². The first-order valence-corrected chi connectivity index (χ1v) is 12.9. The average molecular weight is 479 g/mol. The summed E-state index contributed by atoms with van der Waals surface area (Å²) in [5.41, 5.74) is 0.580. The van der Waals surface area contributed by atoms with Gasteiger partial charge in [0.2, 0.25) is 11.7 Å². The third-order valence-corrected chi connectivity index (χ3v) is 7.79. The number of nitrogens with zero attached hydrogens (tertiary/aromatic N) is 2. The topological polar surface area (TPSA) is 122 Å². The van der Waals surface area contributed by atoms with E-state index >= 15 is 0 Å². The van der Waals surface area contributed by atoms with Crippen molar-refractivity contribution in [3.05, 3.63) is 35.4 Å². The Morgan fingerprint density at radius 2 is 1.55 bits per heavy atom. The summed E-state index contributed by atoms with van der Waals surface area (Å²) in [7, 11) is -4.00. The molecular formula is C22H30N3O7P. The molecule has 11 heteroatoms. The highest BCUT2D eigenvalue weighted by atomic mass is 31.2. The molecule has 1 atom stereocenters. The SMILES string of the molecule is CCOP(=O)(OCC)C(NC(=O)CCN1C(=O)c2ccccc2C1=O)C(=O)N1CCCCC1. The predicted octanol–water partition coefficient (Wildman–Crippen LogP) is 2.39. The number of piperidine rings is 1. The third kappa shape index (κ3) is 5.51. The number of hydrogen-bond acceptors (Lipinski definition) is 7. The smallest absolute Gasteiger partial charge is 0.340 e. The Labute approximate surface area is 193 Å². The second kappa shape index (κ2) is 11.0. The Morgan fingerprint density at radius 1 is 1.00 bits per heavy atom. The molecule has 0 aliphatic carbocycles. The molecule has 0 aromatic heterocycles. The van der Waals surface area contributed by atoms with Crippen molar-refractivity contribution in [3.8, 4) is 0 Å². The molecule has 1 saturated heterocycles. The average Bonchev–Trinajstić information content (AvgIpc) is 3.06. The molecule has 1 N–H and O–H groups in total. The number of carbonyl (C=O) groups is 4. The van der Waals surface area contributed by atoms with Crippen molar-refractivity contribution in [2.75, 3.05) is 32.8 Å². The monoisotopic (exact) mass is 479 g/mol. The molecule has 2 aliphatic heterocycles. The van der Waals surface area contributed by atoms with Gasteiger partial charge in [-0.15, -0.1) is 0 Å². The van der Waals surface area contributed by atoms with E-state index in [0.717, 1.165) is 24.2 Å². The number of amides is 4. The van der Waals surface area contributed by atoms with Gasteiger partial charge in [-0.3, -0.25) is 28.6 Å². The van der Waals surface area contributed by atoms with Crippen molar-refractivity contribution in [3.63, 3.8) is 0 Å². The summed E-state index contributed by atoms with van der Waals surface area (Å²) in [6.07, 6.45) is 2.38. The van der Waals surface area contributed by atoms with Crippen molar-refractivity contribution in [1.29, 1.82) is 0 Å². The highest BCUT2D eigenvalue weighted by Gasteiger charge is 2.44. The summed E-state index contributed by atoms with van der Waals surface area (Å²) in [4.78, 5) is 53.6. The van der Waals surface area contributed by atoms with E-state index in [0.29, 0.717) is 24.2 Å². The lowest BCUT2D eigenvalue weighted by Gasteiger charge is -2.33. The summed E-state index contributed by atoms with van der Waals surface area (Å²) in [6, 6.07) is 6.44. The van der Waals surface area contributed by atoms with E-state index in [1.165, 1.54) is 0 Å². The molecule has 0 spiro atoms. The van der Waals surface area contributed by atoms with Crippen LogP contribution in [0.3, 0.4) is 0 Å². The van der Waals surface area contributed by atoms with Crippen LogP contribution in [0.1, 0.15) is 60.2 Å². The summed E-state index contributed by atoms with van der Waals surface area (Å²) in [5, 5.41) is 2.51. The molecule has 1 aromatic rings. The van der Waals surface area contributed by atoms with Crippen molar-refractivity contribution < 1.29 is 32.8 Å². The first kappa shape index (κ1) is 25.1. The van der Waals surface area contributed by atoms with E-state index in [-0.39, 0.29) is 26.2 Å². The molecule has 0 radical (unpaired) electrons. The summed E-state index contributed by atoms with van der Waals surface area (Å²) in [6.45, 7) is 4.14. The van der Waals surface area contributed by atoms with Crippen molar-refractivity contribution in [2.24, 2.45) is 0 Å². The van der Waals surface area contributed by atoms with E-state index in [4.69, 9.17) is 9.05 Å². The zero-order valence-electron chi connectivity index (χ0n) is 19.0. The van der Waals surface area contributed by atoms with Crippen LogP contribution in [0.2, 0.25) is 0 Å². The molecule has 2 aliphatic rings. The van der Waals surface area contributed by atoms with Crippen LogP contribution in [0.4, 0.5) is 0 Å². The van der Waals surface area contributed by atoms with Crippen LogP contribution < -0.4 is 5.32 Å². The lowest BCUT2D eigenvalue weighted by Crippen LogP contribution is -2.50. The maximum Gasteiger partial charge on any atom is 0.362 e. The maximum absolute atomic E-state index is 13.4. The van der Waals surface area contributed by atoms with Crippen molar-refractivity contribution in [1.82, 2.24) is 15.1 Å². The lowest BCUT2D eigenvalue weighted by atomic mass is 10.1. The van der Waals surface area contributed by atoms with Gasteiger partial charge in [-0.2, -0.15) is 0 Å². The van der Waals surface area contributed by atoms with Gasteiger partial charge in [0.05, 0.1) is 24.3 Å². The third-order valence-electron chi connectivity index (χ3n) is 5.57. The van der Waals surface area contributed by atoms with Gasteiger partial charge >= 0.3 is 7.60 Å². The van der Waals surface area contributed by atoms with Crippen LogP contribution in [0, 0.1) is 0 Å². The molecule has 1 unspecified atom stereocenters. The van der Waals surface area contributed by atoms with Crippen LogP contribution in [0.15, 0.2) is 24.3 Å². The molecule has 0 bridgehead atoms. The fourth-order valence-corrected chi connectivity index (χ4v) is 5.82. The number of nitrogens with one attached hydrogen (secondary N) is 1. The molecule has 33 heavy (non-hydrogen) atoms.